The summed E-state index contributed by atoms with van der Waals surface area (Å²) in [4.78, 5) is 24.1. The van der Waals surface area contributed by atoms with Crippen LogP contribution in [0.1, 0.15) is 10.4 Å². The predicted octanol–water partition coefficient (Wildman–Crippen LogP) is 4.41. The van der Waals surface area contributed by atoms with Crippen molar-refractivity contribution in [1.82, 2.24) is 0 Å². The maximum absolute atomic E-state index is 12.2. The first kappa shape index (κ1) is 22.5. The van der Waals surface area contributed by atoms with Crippen molar-refractivity contribution < 1.29 is 37.3 Å². The molecule has 0 saturated heterocycles. The van der Waals surface area contributed by atoms with Crippen LogP contribution in [0.4, 0.5) is 14.5 Å². The van der Waals surface area contributed by atoms with Gasteiger partial charge in [0.2, 0.25) is 0 Å². The van der Waals surface area contributed by atoms with E-state index in [1.807, 2.05) is 0 Å². The number of carbonyl (C=O) groups is 2. The largest absolute Gasteiger partial charge is 0.493 e. The monoisotopic (exact) mass is 449 g/mol. The van der Waals surface area contributed by atoms with E-state index >= 15 is 0 Å². The fourth-order valence-corrected chi connectivity index (χ4v) is 2.73. The van der Waals surface area contributed by atoms with Gasteiger partial charge in [0.1, 0.15) is 5.75 Å². The van der Waals surface area contributed by atoms with Gasteiger partial charge in [-0.25, -0.2) is 4.79 Å². The molecule has 0 bridgehead atoms. The van der Waals surface area contributed by atoms with Gasteiger partial charge >= 0.3 is 12.6 Å². The van der Waals surface area contributed by atoms with Crippen molar-refractivity contribution in [2.45, 2.75) is 6.61 Å². The zero-order chi connectivity index (χ0) is 21.6. The van der Waals surface area contributed by atoms with Crippen LogP contribution in [0.5, 0.6) is 17.2 Å². The second-order valence-corrected chi connectivity index (χ2v) is 6.16. The molecular weight excluding hydrogens is 435 g/mol. The second-order valence-electron chi connectivity index (χ2n) is 5.34. The van der Waals surface area contributed by atoms with Crippen LogP contribution in [0.25, 0.3) is 0 Å². The highest BCUT2D eigenvalue weighted by atomic mass is 35.5. The van der Waals surface area contributed by atoms with Crippen molar-refractivity contribution in [3.63, 3.8) is 0 Å². The Morgan fingerprint density at radius 1 is 1.03 bits per heavy atom. The molecule has 0 radical (unpaired) electrons. The van der Waals surface area contributed by atoms with Crippen LogP contribution in [-0.4, -0.2) is 39.3 Å². The maximum atomic E-state index is 12.2. The molecule has 0 aliphatic rings. The molecule has 0 spiro atoms. The molecule has 0 heterocycles. The third kappa shape index (κ3) is 6.10. The number of alkyl halides is 2. The van der Waals surface area contributed by atoms with E-state index in [1.54, 1.807) is 0 Å². The fourth-order valence-electron chi connectivity index (χ4n) is 2.22. The zero-order valence-electron chi connectivity index (χ0n) is 15.1. The van der Waals surface area contributed by atoms with Crippen LogP contribution in [0.3, 0.4) is 0 Å². The Hall–Kier alpha value is -2.78. The van der Waals surface area contributed by atoms with Gasteiger partial charge in [-0.05, 0) is 30.3 Å². The normalized spacial score (nSPS) is 10.4. The van der Waals surface area contributed by atoms with E-state index in [-0.39, 0.29) is 38.5 Å². The van der Waals surface area contributed by atoms with Gasteiger partial charge in [0.15, 0.2) is 18.1 Å². The Labute approximate surface area is 174 Å². The van der Waals surface area contributed by atoms with Crippen LogP contribution in [0, 0.1) is 0 Å². The number of rotatable bonds is 8. The molecule has 2 rings (SSSR count). The SMILES string of the molecule is COc1cc(C(=O)OCC(=O)Nc2ccc(OC(F)F)c(Cl)c2)cc(Cl)c1OC. The highest BCUT2D eigenvalue weighted by Gasteiger charge is 2.17. The maximum Gasteiger partial charge on any atom is 0.387 e. The quantitative estimate of drug-likeness (QED) is 0.601. The number of nitrogens with one attached hydrogen (secondary N) is 1. The molecule has 0 aliphatic heterocycles. The number of hydrogen-bond donors (Lipinski definition) is 1. The van der Waals surface area contributed by atoms with Crippen LogP contribution in [0.2, 0.25) is 10.0 Å². The topological polar surface area (TPSA) is 83.1 Å². The third-order valence-corrected chi connectivity index (χ3v) is 4.01. The summed E-state index contributed by atoms with van der Waals surface area (Å²) >= 11 is 11.8. The summed E-state index contributed by atoms with van der Waals surface area (Å²) in [6.45, 7) is -3.64. The van der Waals surface area contributed by atoms with Crippen molar-refractivity contribution >= 4 is 40.8 Å². The molecule has 7 nitrogen and oxygen atoms in total. The number of anilines is 1. The first-order valence-electron chi connectivity index (χ1n) is 7.88. The lowest BCUT2D eigenvalue weighted by Crippen LogP contribution is -2.21. The third-order valence-electron chi connectivity index (χ3n) is 3.44. The average Bonchev–Trinajstić information content (AvgIpc) is 2.67. The van der Waals surface area contributed by atoms with Gasteiger partial charge in [0.25, 0.3) is 5.91 Å². The van der Waals surface area contributed by atoms with E-state index < -0.39 is 25.1 Å². The first-order valence-corrected chi connectivity index (χ1v) is 8.63. The summed E-state index contributed by atoms with van der Waals surface area (Å²) in [5.41, 5.74) is 0.254. The summed E-state index contributed by atoms with van der Waals surface area (Å²) in [5, 5.41) is 2.41. The molecule has 0 saturated carbocycles. The van der Waals surface area contributed by atoms with Crippen molar-refractivity contribution in [2.75, 3.05) is 26.1 Å². The molecule has 2 aromatic rings. The van der Waals surface area contributed by atoms with Crippen molar-refractivity contribution in [2.24, 2.45) is 0 Å². The van der Waals surface area contributed by atoms with Gasteiger partial charge in [-0.2, -0.15) is 8.78 Å². The molecular formula is C18H15Cl2F2NO6. The molecule has 0 fully saturated rings. The Bertz CT molecular complexity index is 910. The van der Waals surface area contributed by atoms with E-state index in [0.717, 1.165) is 0 Å². The number of carbonyl (C=O) groups excluding carboxylic acids is 2. The molecule has 1 N–H and O–H groups in total. The molecule has 156 valence electrons. The van der Waals surface area contributed by atoms with E-state index in [4.69, 9.17) is 37.4 Å². The Morgan fingerprint density at radius 2 is 1.76 bits per heavy atom. The molecule has 0 atom stereocenters. The van der Waals surface area contributed by atoms with E-state index in [0.29, 0.717) is 0 Å². The van der Waals surface area contributed by atoms with Crippen molar-refractivity contribution in [3.8, 4) is 17.2 Å². The minimum atomic E-state index is -3.03. The number of ether oxygens (including phenoxy) is 4. The summed E-state index contributed by atoms with van der Waals surface area (Å²) in [5.74, 6) is -1.27. The average molecular weight is 450 g/mol. The Morgan fingerprint density at radius 3 is 2.34 bits per heavy atom. The van der Waals surface area contributed by atoms with E-state index in [2.05, 4.69) is 10.1 Å². The number of hydrogen-bond acceptors (Lipinski definition) is 6. The summed E-state index contributed by atoms with van der Waals surface area (Å²) in [6, 6.07) is 6.35. The Balaban J connectivity index is 1.98. The summed E-state index contributed by atoms with van der Waals surface area (Å²) < 4.78 is 43.7. The van der Waals surface area contributed by atoms with Crippen LogP contribution >= 0.6 is 23.2 Å². The number of esters is 1. The van der Waals surface area contributed by atoms with Gasteiger partial charge < -0.3 is 24.3 Å². The number of benzene rings is 2. The minimum Gasteiger partial charge on any atom is -0.493 e. The number of methoxy groups -OCH3 is 2. The van der Waals surface area contributed by atoms with Gasteiger partial charge in [-0.15, -0.1) is 0 Å². The lowest BCUT2D eigenvalue weighted by atomic mass is 10.2. The molecule has 11 heteroatoms. The van der Waals surface area contributed by atoms with Crippen LogP contribution in [-0.2, 0) is 9.53 Å². The molecule has 0 aliphatic carbocycles. The highest BCUT2D eigenvalue weighted by Crippen LogP contribution is 2.36. The summed E-state index contributed by atoms with van der Waals surface area (Å²) in [7, 11) is 2.77. The van der Waals surface area contributed by atoms with E-state index in [9.17, 15) is 18.4 Å². The van der Waals surface area contributed by atoms with Gasteiger partial charge in [-0.3, -0.25) is 4.79 Å². The van der Waals surface area contributed by atoms with Gasteiger partial charge in [0.05, 0.1) is 29.8 Å². The van der Waals surface area contributed by atoms with Crippen LogP contribution < -0.4 is 19.5 Å². The lowest BCUT2D eigenvalue weighted by molar-refractivity contribution is -0.119. The predicted molar refractivity (Wildman–Crippen MR) is 102 cm³/mol. The fraction of sp³-hybridized carbons (Fsp3) is 0.222. The molecule has 2 aromatic carbocycles. The zero-order valence-corrected chi connectivity index (χ0v) is 16.6. The number of amides is 1. The summed E-state index contributed by atoms with van der Waals surface area (Å²) in [6.07, 6.45) is 0. The molecule has 29 heavy (non-hydrogen) atoms. The lowest BCUT2D eigenvalue weighted by Gasteiger charge is -2.12. The highest BCUT2D eigenvalue weighted by molar-refractivity contribution is 6.33. The number of halogens is 4. The van der Waals surface area contributed by atoms with Gasteiger partial charge in [-0.1, -0.05) is 23.2 Å². The van der Waals surface area contributed by atoms with E-state index in [1.165, 1.54) is 44.6 Å². The second kappa shape index (κ2) is 10.1. The van der Waals surface area contributed by atoms with Crippen LogP contribution in [0.15, 0.2) is 30.3 Å². The molecule has 1 amide bonds. The first-order chi connectivity index (χ1) is 13.7. The molecule has 0 aromatic heterocycles. The standard InChI is InChI=1S/C18H15Cl2F2NO6/c1-26-14-6-9(5-12(20)16(14)27-2)17(25)28-8-15(24)23-10-3-4-13(11(19)7-10)29-18(21)22/h3-7,18H,8H2,1-2H3,(H,23,24). The van der Waals surface area contributed by atoms with Crippen molar-refractivity contribution in [3.05, 3.63) is 45.9 Å². The smallest absolute Gasteiger partial charge is 0.387 e. The Kier molecular flexibility index (Phi) is 7.86. The molecule has 0 unspecified atom stereocenters. The van der Waals surface area contributed by atoms with Crippen molar-refractivity contribution in [1.29, 1.82) is 0 Å². The van der Waals surface area contributed by atoms with Gasteiger partial charge in [0, 0.05) is 5.69 Å². The minimum absolute atomic E-state index is 0.0528.